The third kappa shape index (κ3) is 2.65. The van der Waals surface area contributed by atoms with E-state index in [1.54, 1.807) is 6.33 Å². The quantitative estimate of drug-likeness (QED) is 0.567. The van der Waals surface area contributed by atoms with Gasteiger partial charge in [-0.1, -0.05) is 24.3 Å². The molecule has 1 aliphatic rings. The molecule has 6 nitrogen and oxygen atoms in total. The lowest BCUT2D eigenvalue weighted by Gasteiger charge is -2.32. The van der Waals surface area contributed by atoms with E-state index in [-0.39, 0.29) is 5.92 Å². The Hall–Kier alpha value is -3.28. The van der Waals surface area contributed by atoms with Crippen molar-refractivity contribution < 1.29 is 4.79 Å². The minimum absolute atomic E-state index is 0.0632. The monoisotopic (exact) mass is 357 g/mol. The van der Waals surface area contributed by atoms with E-state index in [9.17, 15) is 4.79 Å². The van der Waals surface area contributed by atoms with E-state index in [4.69, 9.17) is 0 Å². The van der Waals surface area contributed by atoms with Crippen LogP contribution in [0.2, 0.25) is 0 Å². The summed E-state index contributed by atoms with van der Waals surface area (Å²) in [4.78, 5) is 22.7. The summed E-state index contributed by atoms with van der Waals surface area (Å²) in [6.07, 6.45) is 6.49. The highest BCUT2D eigenvalue weighted by Crippen LogP contribution is 2.37. The predicted octanol–water partition coefficient (Wildman–Crippen LogP) is 3.59. The summed E-state index contributed by atoms with van der Waals surface area (Å²) in [7, 11) is 0. The molecular formula is C21H19N5O. The van der Waals surface area contributed by atoms with Gasteiger partial charge in [-0.3, -0.25) is 5.10 Å². The highest BCUT2D eigenvalue weighted by molar-refractivity contribution is 6.07. The molecule has 1 aliphatic heterocycles. The predicted molar refractivity (Wildman–Crippen MR) is 106 cm³/mol. The molecule has 0 amide bonds. The Morgan fingerprint density at radius 3 is 2.93 bits per heavy atom. The zero-order valence-electron chi connectivity index (χ0n) is 14.8. The topological polar surface area (TPSA) is 74.8 Å². The summed E-state index contributed by atoms with van der Waals surface area (Å²) in [6.45, 7) is 1.61. The number of benzene rings is 2. The maximum Gasteiger partial charge on any atom is 0.140 e. The third-order valence-corrected chi connectivity index (χ3v) is 5.37. The Morgan fingerprint density at radius 1 is 1.11 bits per heavy atom. The van der Waals surface area contributed by atoms with Gasteiger partial charge >= 0.3 is 0 Å². The van der Waals surface area contributed by atoms with Gasteiger partial charge in [0.1, 0.15) is 18.4 Å². The molecule has 6 heteroatoms. The molecule has 5 rings (SSSR count). The molecule has 0 bridgehead atoms. The fraction of sp³-hybridized carbons (Fsp3) is 0.238. The molecule has 2 aromatic heterocycles. The second kappa shape index (κ2) is 6.46. The molecule has 0 saturated carbocycles. The van der Waals surface area contributed by atoms with E-state index in [1.165, 1.54) is 0 Å². The van der Waals surface area contributed by atoms with Crippen molar-refractivity contribution in [2.24, 2.45) is 5.92 Å². The molecule has 134 valence electrons. The van der Waals surface area contributed by atoms with E-state index in [1.807, 2.05) is 30.5 Å². The van der Waals surface area contributed by atoms with Crippen molar-refractivity contribution in [3.05, 3.63) is 48.9 Å². The van der Waals surface area contributed by atoms with E-state index in [2.05, 4.69) is 37.2 Å². The van der Waals surface area contributed by atoms with Gasteiger partial charge in [0, 0.05) is 24.4 Å². The maximum atomic E-state index is 11.3. The highest BCUT2D eigenvalue weighted by Gasteiger charge is 2.23. The van der Waals surface area contributed by atoms with Crippen molar-refractivity contribution in [1.29, 1.82) is 0 Å². The molecule has 4 aromatic rings. The van der Waals surface area contributed by atoms with E-state index in [0.717, 1.165) is 64.4 Å². The summed E-state index contributed by atoms with van der Waals surface area (Å²) in [6, 6.07) is 12.3. The number of piperidine rings is 1. The van der Waals surface area contributed by atoms with Crippen LogP contribution in [0.3, 0.4) is 0 Å². The first-order valence-electron chi connectivity index (χ1n) is 9.21. The van der Waals surface area contributed by atoms with Crippen LogP contribution >= 0.6 is 0 Å². The maximum absolute atomic E-state index is 11.3. The van der Waals surface area contributed by atoms with Crippen LogP contribution in [0.15, 0.2) is 48.9 Å². The molecule has 0 spiro atoms. The number of aromatic nitrogens is 4. The number of nitrogens with zero attached hydrogens (tertiary/aromatic N) is 4. The summed E-state index contributed by atoms with van der Waals surface area (Å²) >= 11 is 0. The minimum atomic E-state index is 0.0632. The lowest BCUT2D eigenvalue weighted by atomic mass is 9.96. The molecule has 27 heavy (non-hydrogen) atoms. The molecule has 1 fully saturated rings. The molecule has 2 aromatic carbocycles. The molecule has 0 aliphatic carbocycles. The van der Waals surface area contributed by atoms with Crippen molar-refractivity contribution in [3.63, 3.8) is 0 Å². The number of carbonyl (C=O) groups excluding carboxylic acids is 1. The second-order valence-electron chi connectivity index (χ2n) is 7.02. The fourth-order valence-corrected chi connectivity index (χ4v) is 4.07. The van der Waals surface area contributed by atoms with Crippen LogP contribution in [0.25, 0.3) is 32.9 Å². The lowest BCUT2D eigenvalue weighted by Crippen LogP contribution is -2.36. The van der Waals surface area contributed by atoms with Gasteiger partial charge in [0.2, 0.25) is 0 Å². The Balaban J connectivity index is 1.74. The Morgan fingerprint density at radius 2 is 2.00 bits per heavy atom. The van der Waals surface area contributed by atoms with Gasteiger partial charge in [0.15, 0.2) is 0 Å². The van der Waals surface area contributed by atoms with Crippen LogP contribution < -0.4 is 4.90 Å². The highest BCUT2D eigenvalue weighted by atomic mass is 16.1. The molecule has 1 saturated heterocycles. The summed E-state index contributed by atoms with van der Waals surface area (Å²) in [5.41, 5.74) is 4.10. The van der Waals surface area contributed by atoms with Crippen LogP contribution in [0, 0.1) is 5.92 Å². The van der Waals surface area contributed by atoms with Crippen LogP contribution in [0.1, 0.15) is 12.8 Å². The van der Waals surface area contributed by atoms with Gasteiger partial charge < -0.3 is 9.69 Å². The van der Waals surface area contributed by atoms with Crippen molar-refractivity contribution in [2.45, 2.75) is 12.8 Å². The molecule has 1 unspecified atom stereocenters. The average Bonchev–Trinajstić information content (AvgIpc) is 3.22. The molecule has 1 atom stereocenters. The van der Waals surface area contributed by atoms with Crippen molar-refractivity contribution in [1.82, 2.24) is 20.2 Å². The van der Waals surface area contributed by atoms with Crippen molar-refractivity contribution >= 4 is 33.9 Å². The zero-order chi connectivity index (χ0) is 18.2. The van der Waals surface area contributed by atoms with Gasteiger partial charge in [-0.25, -0.2) is 9.97 Å². The molecule has 3 heterocycles. The third-order valence-electron chi connectivity index (χ3n) is 5.37. The van der Waals surface area contributed by atoms with Crippen LogP contribution in [0.5, 0.6) is 0 Å². The van der Waals surface area contributed by atoms with Crippen LogP contribution in [-0.4, -0.2) is 39.5 Å². The number of hydrogen-bond acceptors (Lipinski definition) is 5. The number of aldehydes is 1. The number of carbonyl (C=O) groups is 1. The van der Waals surface area contributed by atoms with E-state index in [0.29, 0.717) is 6.54 Å². The van der Waals surface area contributed by atoms with Gasteiger partial charge in [-0.2, -0.15) is 5.10 Å². The van der Waals surface area contributed by atoms with Gasteiger partial charge in [0.25, 0.3) is 0 Å². The standard InChI is InChI=1S/C21H19N5O/c27-12-14-4-3-9-26(11-14)21-20-16(6-2-8-19(20)22-13-23-21)15-5-1-7-18-17(15)10-24-25-18/h1-2,5-8,10,12-14H,3-4,9,11H2,(H,24,25). The number of rotatable bonds is 3. The number of fused-ring (bicyclic) bond motifs is 2. The minimum Gasteiger partial charge on any atom is -0.355 e. The smallest absolute Gasteiger partial charge is 0.140 e. The van der Waals surface area contributed by atoms with E-state index < -0.39 is 0 Å². The summed E-state index contributed by atoms with van der Waals surface area (Å²) < 4.78 is 0. The number of hydrogen-bond donors (Lipinski definition) is 1. The largest absolute Gasteiger partial charge is 0.355 e. The second-order valence-corrected chi connectivity index (χ2v) is 7.02. The molecule has 0 radical (unpaired) electrons. The molecular weight excluding hydrogens is 338 g/mol. The van der Waals surface area contributed by atoms with Gasteiger partial charge in [-0.05, 0) is 36.1 Å². The van der Waals surface area contributed by atoms with Crippen molar-refractivity contribution in [3.8, 4) is 11.1 Å². The summed E-state index contributed by atoms with van der Waals surface area (Å²) in [5.74, 6) is 0.968. The van der Waals surface area contributed by atoms with Gasteiger partial charge in [-0.15, -0.1) is 0 Å². The van der Waals surface area contributed by atoms with E-state index >= 15 is 0 Å². The number of aromatic amines is 1. The fourth-order valence-electron chi connectivity index (χ4n) is 4.07. The lowest BCUT2D eigenvalue weighted by molar-refractivity contribution is -0.111. The average molecular weight is 357 g/mol. The first-order valence-corrected chi connectivity index (χ1v) is 9.21. The first kappa shape index (κ1) is 15.9. The normalized spacial score (nSPS) is 17.5. The van der Waals surface area contributed by atoms with Crippen molar-refractivity contribution in [2.75, 3.05) is 18.0 Å². The zero-order valence-corrected chi connectivity index (χ0v) is 14.8. The Labute approximate surface area is 156 Å². The SMILES string of the molecule is O=CC1CCCN(c2ncnc3cccc(-c4cccc5[nH]ncc45)c23)C1. The van der Waals surface area contributed by atoms with Crippen LogP contribution in [0.4, 0.5) is 5.82 Å². The summed E-state index contributed by atoms with van der Waals surface area (Å²) in [5, 5.41) is 9.34. The number of nitrogens with one attached hydrogen (secondary N) is 1. The number of H-pyrrole nitrogens is 1. The number of anilines is 1. The first-order chi connectivity index (χ1) is 13.3. The van der Waals surface area contributed by atoms with Crippen LogP contribution in [-0.2, 0) is 4.79 Å². The van der Waals surface area contributed by atoms with Gasteiger partial charge in [0.05, 0.1) is 22.6 Å². The molecule has 1 N–H and O–H groups in total. The Bertz CT molecular complexity index is 1130. The Kier molecular flexibility index (Phi) is 3.81.